The molecule has 8 heteroatoms. The summed E-state index contributed by atoms with van der Waals surface area (Å²) >= 11 is 0. The zero-order valence-electron chi connectivity index (χ0n) is 16.9. The molecule has 0 bridgehead atoms. The number of nitrogens with one attached hydrogen (secondary N) is 1. The first kappa shape index (κ1) is 20.9. The molecular weight excluding hydrogens is 373 g/mol. The number of hydrogen-bond donors (Lipinski definition) is 3. The number of rotatable bonds is 5. The van der Waals surface area contributed by atoms with Gasteiger partial charge in [-0.15, -0.1) is 0 Å². The number of allylic oxidation sites excluding steroid dienone is 2. The van der Waals surface area contributed by atoms with Crippen LogP contribution >= 0.6 is 0 Å². The first-order valence-corrected chi connectivity index (χ1v) is 9.78. The summed E-state index contributed by atoms with van der Waals surface area (Å²) in [6.45, 7) is 4.42. The molecule has 0 unspecified atom stereocenters. The molecule has 2 amide bonds. The summed E-state index contributed by atoms with van der Waals surface area (Å²) in [7, 11) is 2.00. The van der Waals surface area contributed by atoms with Crippen molar-refractivity contribution in [1.82, 2.24) is 15.1 Å². The Morgan fingerprint density at radius 3 is 2.41 bits per heavy atom. The zero-order chi connectivity index (χ0) is 21.1. The number of nitrogens with two attached hydrogens (primary N) is 2. The molecule has 0 radical (unpaired) electrons. The molecule has 1 aromatic carbocycles. The third-order valence-electron chi connectivity index (χ3n) is 5.31. The lowest BCUT2D eigenvalue weighted by Gasteiger charge is -2.32. The highest BCUT2D eigenvalue weighted by molar-refractivity contribution is 5.96. The van der Waals surface area contributed by atoms with Gasteiger partial charge in [-0.25, -0.2) is 4.39 Å². The van der Waals surface area contributed by atoms with Crippen LogP contribution in [0.2, 0.25) is 0 Å². The smallest absolute Gasteiger partial charge is 0.269 e. The van der Waals surface area contributed by atoms with Crippen LogP contribution in [0.5, 0.6) is 0 Å². The molecule has 1 aromatic rings. The monoisotopic (exact) mass is 401 g/mol. The second-order valence-corrected chi connectivity index (χ2v) is 7.72. The molecule has 1 aliphatic carbocycles. The van der Waals surface area contributed by atoms with Gasteiger partial charge >= 0.3 is 0 Å². The first-order chi connectivity index (χ1) is 13.8. The summed E-state index contributed by atoms with van der Waals surface area (Å²) in [5.41, 5.74) is 13.3. The van der Waals surface area contributed by atoms with Crippen LogP contribution in [0.25, 0.3) is 5.70 Å². The molecule has 2 aliphatic rings. The van der Waals surface area contributed by atoms with Crippen LogP contribution in [0, 0.1) is 12.7 Å². The normalized spacial score (nSPS) is 18.7. The number of likely N-dealkylation sites (N-methyl/N-ethyl adjacent to an activating group) is 1. The highest BCUT2D eigenvalue weighted by Crippen LogP contribution is 2.23. The lowest BCUT2D eigenvalue weighted by Crippen LogP contribution is -2.48. The maximum absolute atomic E-state index is 14.3. The first-order valence-electron chi connectivity index (χ1n) is 9.78. The van der Waals surface area contributed by atoms with Crippen molar-refractivity contribution in [2.24, 2.45) is 11.5 Å². The summed E-state index contributed by atoms with van der Waals surface area (Å²) in [6, 6.07) is 2.95. The average molecular weight is 401 g/mol. The van der Waals surface area contributed by atoms with Crippen LogP contribution in [0.1, 0.15) is 34.3 Å². The van der Waals surface area contributed by atoms with Gasteiger partial charge in [-0.2, -0.15) is 0 Å². The van der Waals surface area contributed by atoms with E-state index in [1.807, 2.05) is 7.05 Å². The molecule has 29 heavy (non-hydrogen) atoms. The molecule has 0 spiro atoms. The third kappa shape index (κ3) is 5.14. The Hall–Kier alpha value is -2.87. The Labute approximate surface area is 170 Å². The van der Waals surface area contributed by atoms with Crippen molar-refractivity contribution >= 4 is 17.5 Å². The van der Waals surface area contributed by atoms with Crippen molar-refractivity contribution < 1.29 is 14.0 Å². The number of carbonyl (C=O) groups is 2. The second-order valence-electron chi connectivity index (χ2n) is 7.72. The van der Waals surface area contributed by atoms with E-state index < -0.39 is 5.82 Å². The summed E-state index contributed by atoms with van der Waals surface area (Å²) < 4.78 is 14.3. The highest BCUT2D eigenvalue weighted by atomic mass is 19.1. The fraction of sp³-hybridized carbons (Fsp3) is 0.429. The SMILES string of the molecule is Cc1c(F)cc(C(=O)NC2CC2)cc1/C(N)=C/C=C(\N)C(=O)N1CCN(C)CC1. The summed E-state index contributed by atoms with van der Waals surface area (Å²) in [5.74, 6) is -1.08. The zero-order valence-corrected chi connectivity index (χ0v) is 16.9. The Kier molecular flexibility index (Phi) is 6.22. The van der Waals surface area contributed by atoms with Crippen LogP contribution in [0.3, 0.4) is 0 Å². The van der Waals surface area contributed by atoms with Gasteiger partial charge in [0.25, 0.3) is 11.8 Å². The number of benzene rings is 1. The molecule has 5 N–H and O–H groups in total. The van der Waals surface area contributed by atoms with Crippen molar-refractivity contribution in [1.29, 1.82) is 0 Å². The molecule has 0 atom stereocenters. The minimum absolute atomic E-state index is 0.0678. The standard InChI is InChI=1S/C21H28FN5O2/c1-13-16(11-14(12-17(13)22)20(28)25-15-3-4-15)18(23)5-6-19(24)21(29)27-9-7-26(2)8-10-27/h5-6,11-12,15H,3-4,7-10,23-24H2,1-2H3,(H,25,28)/b18-5-,19-6-. The lowest BCUT2D eigenvalue weighted by molar-refractivity contribution is -0.128. The highest BCUT2D eigenvalue weighted by Gasteiger charge is 2.25. The van der Waals surface area contributed by atoms with Gasteiger partial charge in [0.2, 0.25) is 0 Å². The molecule has 156 valence electrons. The Bertz CT molecular complexity index is 868. The van der Waals surface area contributed by atoms with E-state index in [2.05, 4.69) is 10.2 Å². The van der Waals surface area contributed by atoms with Crippen LogP contribution in [-0.4, -0.2) is 60.9 Å². The van der Waals surface area contributed by atoms with E-state index in [9.17, 15) is 14.0 Å². The van der Waals surface area contributed by atoms with Crippen molar-refractivity contribution in [2.75, 3.05) is 33.2 Å². The van der Waals surface area contributed by atoms with Crippen molar-refractivity contribution in [3.8, 4) is 0 Å². The number of piperazine rings is 1. The van der Waals surface area contributed by atoms with Gasteiger partial charge in [0.05, 0.1) is 5.70 Å². The number of amides is 2. The molecule has 1 heterocycles. The van der Waals surface area contributed by atoms with E-state index in [-0.39, 0.29) is 34.8 Å². The van der Waals surface area contributed by atoms with Crippen LogP contribution in [0.15, 0.2) is 30.0 Å². The Morgan fingerprint density at radius 2 is 1.79 bits per heavy atom. The van der Waals surface area contributed by atoms with Gasteiger partial charge < -0.3 is 26.6 Å². The number of hydrogen-bond acceptors (Lipinski definition) is 5. The van der Waals surface area contributed by atoms with E-state index in [0.717, 1.165) is 25.9 Å². The molecule has 2 fully saturated rings. The summed E-state index contributed by atoms with van der Waals surface area (Å²) in [5, 5.41) is 2.84. The average Bonchev–Trinajstić information content (AvgIpc) is 3.51. The Balaban J connectivity index is 1.77. The number of carbonyl (C=O) groups excluding carboxylic acids is 2. The molecule has 1 aliphatic heterocycles. The van der Waals surface area contributed by atoms with E-state index in [1.54, 1.807) is 17.9 Å². The van der Waals surface area contributed by atoms with Crippen LogP contribution < -0.4 is 16.8 Å². The molecule has 3 rings (SSSR count). The van der Waals surface area contributed by atoms with Gasteiger partial charge in [-0.1, -0.05) is 0 Å². The molecule has 1 saturated carbocycles. The lowest BCUT2D eigenvalue weighted by atomic mass is 10.0. The largest absolute Gasteiger partial charge is 0.398 e. The fourth-order valence-electron chi connectivity index (χ4n) is 3.14. The minimum atomic E-state index is -0.509. The van der Waals surface area contributed by atoms with E-state index in [4.69, 9.17) is 11.5 Å². The topological polar surface area (TPSA) is 105 Å². The number of halogens is 1. The third-order valence-corrected chi connectivity index (χ3v) is 5.31. The van der Waals surface area contributed by atoms with Crippen molar-refractivity contribution in [3.63, 3.8) is 0 Å². The van der Waals surface area contributed by atoms with E-state index >= 15 is 0 Å². The predicted molar refractivity (Wildman–Crippen MR) is 110 cm³/mol. The second kappa shape index (κ2) is 8.65. The maximum Gasteiger partial charge on any atom is 0.269 e. The van der Waals surface area contributed by atoms with Gasteiger partial charge in [0, 0.05) is 49.0 Å². The van der Waals surface area contributed by atoms with E-state index in [0.29, 0.717) is 24.2 Å². The molecule has 0 aromatic heterocycles. The van der Waals surface area contributed by atoms with Gasteiger partial charge in [0.15, 0.2) is 0 Å². The van der Waals surface area contributed by atoms with Gasteiger partial charge in [-0.05, 0) is 56.7 Å². The van der Waals surface area contributed by atoms with Crippen LogP contribution in [-0.2, 0) is 4.79 Å². The van der Waals surface area contributed by atoms with Gasteiger partial charge in [0.1, 0.15) is 5.82 Å². The maximum atomic E-state index is 14.3. The molecular formula is C21H28FN5O2. The molecule has 1 saturated heterocycles. The molecule has 7 nitrogen and oxygen atoms in total. The quantitative estimate of drug-likeness (QED) is 0.503. The summed E-state index contributed by atoms with van der Waals surface area (Å²) in [4.78, 5) is 28.6. The summed E-state index contributed by atoms with van der Waals surface area (Å²) in [6.07, 6.45) is 4.80. The van der Waals surface area contributed by atoms with Crippen LogP contribution in [0.4, 0.5) is 4.39 Å². The fourth-order valence-corrected chi connectivity index (χ4v) is 3.14. The van der Waals surface area contributed by atoms with Gasteiger partial charge in [-0.3, -0.25) is 9.59 Å². The predicted octanol–water partition coefficient (Wildman–Crippen LogP) is 0.943. The number of nitrogens with zero attached hydrogens (tertiary/aromatic N) is 2. The van der Waals surface area contributed by atoms with E-state index in [1.165, 1.54) is 18.2 Å². The van der Waals surface area contributed by atoms with Crippen molar-refractivity contribution in [2.45, 2.75) is 25.8 Å². The Morgan fingerprint density at radius 1 is 1.14 bits per heavy atom. The van der Waals surface area contributed by atoms with Crippen molar-refractivity contribution in [3.05, 3.63) is 52.5 Å². The minimum Gasteiger partial charge on any atom is -0.398 e.